The van der Waals surface area contributed by atoms with Gasteiger partial charge in [0.1, 0.15) is 0 Å². The van der Waals surface area contributed by atoms with Gasteiger partial charge < -0.3 is 14.6 Å². The highest BCUT2D eigenvalue weighted by Crippen LogP contribution is 2.37. The van der Waals surface area contributed by atoms with Gasteiger partial charge in [0, 0.05) is 48.3 Å². The Morgan fingerprint density at radius 3 is 2.27 bits per heavy atom. The van der Waals surface area contributed by atoms with E-state index in [4.69, 9.17) is 4.74 Å². The zero-order valence-corrected chi connectivity index (χ0v) is 19.6. The summed E-state index contributed by atoms with van der Waals surface area (Å²) < 4.78 is 85.0. The lowest BCUT2D eigenvalue weighted by atomic mass is 9.98. The fourth-order valence-corrected chi connectivity index (χ4v) is 4.55. The van der Waals surface area contributed by atoms with Gasteiger partial charge in [0.25, 0.3) is 5.91 Å². The number of ether oxygens (including phenoxy) is 1. The molecule has 198 valence electrons. The second-order valence-corrected chi connectivity index (χ2v) is 8.82. The Bertz CT molecular complexity index is 1270. The summed E-state index contributed by atoms with van der Waals surface area (Å²) in [5.41, 5.74) is -2.15. The summed E-state index contributed by atoms with van der Waals surface area (Å²) in [5.74, 6) is -1.45. The molecular formula is C25H23F6N3O3. The summed E-state index contributed by atoms with van der Waals surface area (Å²) >= 11 is 0. The minimum absolute atomic E-state index is 0.000443. The fourth-order valence-electron chi connectivity index (χ4n) is 4.55. The van der Waals surface area contributed by atoms with Crippen LogP contribution in [0.4, 0.5) is 26.3 Å². The Labute approximate surface area is 207 Å². The van der Waals surface area contributed by atoms with Crippen molar-refractivity contribution in [3.8, 4) is 0 Å². The number of rotatable bonds is 5. The molecule has 0 radical (unpaired) electrons. The highest BCUT2D eigenvalue weighted by Gasteiger charge is 2.39. The fraction of sp³-hybridized carbons (Fsp3) is 0.360. The number of methoxy groups -OCH3 is 1. The Morgan fingerprint density at radius 2 is 1.65 bits per heavy atom. The number of halogens is 6. The number of para-hydroxylation sites is 1. The van der Waals surface area contributed by atoms with E-state index in [0.29, 0.717) is 12.1 Å². The van der Waals surface area contributed by atoms with Crippen molar-refractivity contribution in [2.24, 2.45) is 0 Å². The van der Waals surface area contributed by atoms with Crippen LogP contribution in [0.2, 0.25) is 0 Å². The van der Waals surface area contributed by atoms with E-state index >= 15 is 0 Å². The zero-order valence-electron chi connectivity index (χ0n) is 19.6. The number of amides is 1. The van der Waals surface area contributed by atoms with Gasteiger partial charge in [-0.2, -0.15) is 26.3 Å². The SMILES string of the molecule is COC(=O)CN1CCN(C(=O)c2cc(C(F)(F)F)cc(C(F)(F)F)c2)C(Cc2c[nH]c3ccccc23)C1. The molecule has 37 heavy (non-hydrogen) atoms. The molecule has 4 rings (SSSR count). The van der Waals surface area contributed by atoms with Crippen LogP contribution in [0.1, 0.15) is 27.0 Å². The van der Waals surface area contributed by atoms with Crippen LogP contribution in [0.25, 0.3) is 10.9 Å². The van der Waals surface area contributed by atoms with Gasteiger partial charge in [0.15, 0.2) is 0 Å². The second-order valence-electron chi connectivity index (χ2n) is 8.82. The van der Waals surface area contributed by atoms with Crippen LogP contribution >= 0.6 is 0 Å². The maximum Gasteiger partial charge on any atom is 0.416 e. The summed E-state index contributed by atoms with van der Waals surface area (Å²) in [5, 5.41) is 0.874. The minimum atomic E-state index is -5.07. The number of nitrogens with zero attached hydrogens (tertiary/aromatic N) is 2. The molecule has 6 nitrogen and oxygen atoms in total. The molecule has 1 atom stereocenters. The second kappa shape index (κ2) is 10.1. The number of alkyl halides is 6. The summed E-state index contributed by atoms with van der Waals surface area (Å²) in [6.45, 7) is 0.299. The highest BCUT2D eigenvalue weighted by atomic mass is 19.4. The first kappa shape index (κ1) is 26.5. The van der Waals surface area contributed by atoms with Crippen LogP contribution in [-0.4, -0.2) is 66.0 Å². The van der Waals surface area contributed by atoms with E-state index in [1.54, 1.807) is 11.1 Å². The quantitative estimate of drug-likeness (QED) is 0.385. The molecule has 1 aliphatic heterocycles. The van der Waals surface area contributed by atoms with Crippen molar-refractivity contribution in [3.05, 3.63) is 70.9 Å². The number of aromatic amines is 1. The number of hydrogen-bond donors (Lipinski definition) is 1. The number of benzene rings is 2. The van der Waals surface area contributed by atoms with E-state index in [1.165, 1.54) is 12.0 Å². The Morgan fingerprint density at radius 1 is 1.00 bits per heavy atom. The van der Waals surface area contributed by atoms with E-state index in [1.807, 2.05) is 24.3 Å². The van der Waals surface area contributed by atoms with Crippen LogP contribution in [0.3, 0.4) is 0 Å². The normalized spacial score (nSPS) is 17.3. The van der Waals surface area contributed by atoms with Crippen LogP contribution in [-0.2, 0) is 28.3 Å². The van der Waals surface area contributed by atoms with Gasteiger partial charge in [0.05, 0.1) is 24.8 Å². The number of nitrogens with one attached hydrogen (secondary N) is 1. The Balaban J connectivity index is 1.70. The molecule has 2 aromatic carbocycles. The third-order valence-electron chi connectivity index (χ3n) is 6.37. The summed E-state index contributed by atoms with van der Waals surface area (Å²) in [6.07, 6.45) is -8.13. The molecule has 1 unspecified atom stereocenters. The van der Waals surface area contributed by atoms with Crippen molar-refractivity contribution >= 4 is 22.8 Å². The number of hydrogen-bond acceptors (Lipinski definition) is 4. The van der Waals surface area contributed by atoms with Crippen molar-refractivity contribution in [3.63, 3.8) is 0 Å². The predicted octanol–water partition coefficient (Wildman–Crippen LogP) is 4.75. The van der Waals surface area contributed by atoms with Crippen molar-refractivity contribution in [2.75, 3.05) is 33.3 Å². The lowest BCUT2D eigenvalue weighted by Crippen LogP contribution is -2.56. The molecule has 1 N–H and O–H groups in total. The van der Waals surface area contributed by atoms with Gasteiger partial charge in [-0.05, 0) is 36.2 Å². The summed E-state index contributed by atoms with van der Waals surface area (Å²) in [6, 6.07) is 7.64. The molecule has 1 fully saturated rings. The number of fused-ring (bicyclic) bond motifs is 1. The van der Waals surface area contributed by atoms with Gasteiger partial charge in [-0.25, -0.2) is 0 Å². The Hall–Kier alpha value is -3.54. The number of carbonyl (C=O) groups is 2. The van der Waals surface area contributed by atoms with Crippen molar-refractivity contribution in [2.45, 2.75) is 24.8 Å². The van der Waals surface area contributed by atoms with Crippen LogP contribution in [0.5, 0.6) is 0 Å². The number of H-pyrrole nitrogens is 1. The van der Waals surface area contributed by atoms with E-state index in [-0.39, 0.29) is 38.7 Å². The first-order valence-electron chi connectivity index (χ1n) is 11.3. The number of esters is 1. The standard InChI is InChI=1S/C25H23F6N3O3/c1-37-22(35)14-33-6-7-34(19(13-33)10-16-12-32-21-5-3-2-4-20(16)21)23(36)15-8-17(24(26,27)28)11-18(9-15)25(29,30)31/h2-5,8-9,11-12,19,32H,6-7,10,13-14H2,1H3. The molecule has 3 aromatic rings. The number of aromatic nitrogens is 1. The largest absolute Gasteiger partial charge is 0.468 e. The molecule has 2 heterocycles. The number of carbonyl (C=O) groups excluding carboxylic acids is 2. The molecule has 12 heteroatoms. The van der Waals surface area contributed by atoms with Crippen molar-refractivity contribution in [1.29, 1.82) is 0 Å². The van der Waals surface area contributed by atoms with E-state index in [0.717, 1.165) is 16.5 Å². The lowest BCUT2D eigenvalue weighted by Gasteiger charge is -2.41. The van der Waals surface area contributed by atoms with Crippen LogP contribution in [0, 0.1) is 0 Å². The van der Waals surface area contributed by atoms with Crippen molar-refractivity contribution in [1.82, 2.24) is 14.8 Å². The van der Waals surface area contributed by atoms with Crippen LogP contribution < -0.4 is 0 Å². The van der Waals surface area contributed by atoms with Gasteiger partial charge in [-0.1, -0.05) is 18.2 Å². The predicted molar refractivity (Wildman–Crippen MR) is 122 cm³/mol. The zero-order chi connectivity index (χ0) is 27.0. The average Bonchev–Trinajstić information content (AvgIpc) is 3.25. The van der Waals surface area contributed by atoms with Gasteiger partial charge in [-0.15, -0.1) is 0 Å². The van der Waals surface area contributed by atoms with E-state index in [2.05, 4.69) is 4.98 Å². The summed E-state index contributed by atoms with van der Waals surface area (Å²) in [7, 11) is 1.23. The molecule has 1 amide bonds. The number of piperazine rings is 1. The Kier molecular flexibility index (Phi) is 7.22. The minimum Gasteiger partial charge on any atom is -0.468 e. The molecule has 1 aromatic heterocycles. The monoisotopic (exact) mass is 527 g/mol. The maximum absolute atomic E-state index is 13.4. The van der Waals surface area contributed by atoms with E-state index in [9.17, 15) is 35.9 Å². The van der Waals surface area contributed by atoms with Gasteiger partial charge in [0.2, 0.25) is 0 Å². The van der Waals surface area contributed by atoms with Gasteiger partial charge >= 0.3 is 18.3 Å². The van der Waals surface area contributed by atoms with Gasteiger partial charge in [-0.3, -0.25) is 14.5 Å². The molecule has 0 saturated carbocycles. The third-order valence-corrected chi connectivity index (χ3v) is 6.37. The molecule has 0 aliphatic carbocycles. The van der Waals surface area contributed by atoms with Crippen LogP contribution in [0.15, 0.2) is 48.7 Å². The molecule has 1 aliphatic rings. The summed E-state index contributed by atoms with van der Waals surface area (Å²) in [4.78, 5) is 31.4. The smallest absolute Gasteiger partial charge is 0.416 e. The topological polar surface area (TPSA) is 65.6 Å². The first-order chi connectivity index (χ1) is 17.4. The molecule has 1 saturated heterocycles. The lowest BCUT2D eigenvalue weighted by molar-refractivity contribution is -0.143. The van der Waals surface area contributed by atoms with Crippen molar-refractivity contribution < 1.29 is 40.7 Å². The van der Waals surface area contributed by atoms with E-state index < -0.39 is 47.0 Å². The molecular weight excluding hydrogens is 504 g/mol. The molecule has 0 spiro atoms. The first-order valence-corrected chi connectivity index (χ1v) is 11.3. The maximum atomic E-state index is 13.4. The average molecular weight is 527 g/mol. The highest BCUT2D eigenvalue weighted by molar-refractivity contribution is 5.95. The third kappa shape index (κ3) is 5.90. The molecule has 0 bridgehead atoms.